The maximum absolute atomic E-state index is 11.6. The van der Waals surface area contributed by atoms with Crippen molar-refractivity contribution in [3.8, 4) is 0 Å². The van der Waals surface area contributed by atoms with E-state index in [0.29, 0.717) is 12.8 Å². The second-order valence-electron chi connectivity index (χ2n) is 8.15. The molecule has 0 radical (unpaired) electrons. The highest BCUT2D eigenvalue weighted by atomic mass is 16.2. The van der Waals surface area contributed by atoms with Crippen molar-refractivity contribution in [3.05, 3.63) is 0 Å². The van der Waals surface area contributed by atoms with Crippen molar-refractivity contribution in [1.82, 2.24) is 10.6 Å². The fourth-order valence-electron chi connectivity index (χ4n) is 3.37. The molecule has 0 bridgehead atoms. The first-order valence-corrected chi connectivity index (χ1v) is 12.2. The number of rotatable bonds is 21. The Hall–Kier alpha value is -1.06. The van der Waals surface area contributed by atoms with Crippen molar-refractivity contribution in [2.24, 2.45) is 0 Å². The highest BCUT2D eigenvalue weighted by Crippen LogP contribution is 2.10. The molecule has 0 fully saturated rings. The maximum atomic E-state index is 11.6. The van der Waals surface area contributed by atoms with Crippen LogP contribution < -0.4 is 10.6 Å². The van der Waals surface area contributed by atoms with Gasteiger partial charge < -0.3 is 10.6 Å². The summed E-state index contributed by atoms with van der Waals surface area (Å²) in [6.07, 6.45) is 20.6. The highest BCUT2D eigenvalue weighted by molar-refractivity contribution is 5.76. The topological polar surface area (TPSA) is 58.2 Å². The lowest BCUT2D eigenvalue weighted by molar-refractivity contribution is -0.122. The zero-order valence-corrected chi connectivity index (χ0v) is 19.0. The molecule has 166 valence electrons. The Balaban J connectivity index is 3.16. The second-order valence-corrected chi connectivity index (χ2v) is 8.15. The van der Waals surface area contributed by atoms with Gasteiger partial charge in [0.1, 0.15) is 0 Å². The molecule has 4 heteroatoms. The Morgan fingerprint density at radius 3 is 1.11 bits per heavy atom. The average molecular weight is 397 g/mol. The summed E-state index contributed by atoms with van der Waals surface area (Å²) >= 11 is 0. The molecule has 0 heterocycles. The smallest absolute Gasteiger partial charge is 0.219 e. The third kappa shape index (κ3) is 21.2. The summed E-state index contributed by atoms with van der Waals surface area (Å²) in [5.74, 6) is 0.453. The van der Waals surface area contributed by atoms with Crippen molar-refractivity contribution in [2.45, 2.75) is 129 Å². The monoisotopic (exact) mass is 396 g/mol. The van der Waals surface area contributed by atoms with Crippen LogP contribution in [0.3, 0.4) is 0 Å². The maximum Gasteiger partial charge on any atom is 0.219 e. The van der Waals surface area contributed by atoms with Gasteiger partial charge in [-0.05, 0) is 25.7 Å². The Kier molecular flexibility index (Phi) is 21.4. The molecule has 0 saturated carbocycles. The molecule has 0 aromatic heterocycles. The lowest BCUT2D eigenvalue weighted by atomic mass is 10.1. The van der Waals surface area contributed by atoms with Crippen molar-refractivity contribution < 1.29 is 9.59 Å². The van der Waals surface area contributed by atoms with Crippen LogP contribution in [0.5, 0.6) is 0 Å². The van der Waals surface area contributed by atoms with Crippen LogP contribution in [0, 0.1) is 0 Å². The van der Waals surface area contributed by atoms with E-state index >= 15 is 0 Å². The highest BCUT2D eigenvalue weighted by Gasteiger charge is 2.00. The zero-order chi connectivity index (χ0) is 20.7. The molecular formula is C24H48N2O2. The summed E-state index contributed by atoms with van der Waals surface area (Å²) in [7, 11) is 0. The predicted molar refractivity (Wildman–Crippen MR) is 120 cm³/mol. The predicted octanol–water partition coefficient (Wildman–Crippen LogP) is 6.28. The number of unbranched alkanes of at least 4 members (excludes halogenated alkanes) is 13. The molecule has 4 nitrogen and oxygen atoms in total. The van der Waals surface area contributed by atoms with Gasteiger partial charge in [0.2, 0.25) is 11.8 Å². The molecule has 0 saturated heterocycles. The van der Waals surface area contributed by atoms with Gasteiger partial charge in [-0.3, -0.25) is 9.59 Å². The number of hydrogen-bond donors (Lipinski definition) is 2. The standard InChI is InChI=1S/C24H48N2O2/c1-3-5-15-19-23(27)25-21-17-13-11-9-7-8-10-12-14-18-22-26-24(28)20-16-6-4-2/h3-22H2,1-2H3,(H,25,27)(H,26,28). The van der Waals surface area contributed by atoms with Crippen LogP contribution >= 0.6 is 0 Å². The molecule has 0 spiro atoms. The molecule has 0 aliphatic heterocycles. The Morgan fingerprint density at radius 1 is 0.464 bits per heavy atom. The first-order valence-electron chi connectivity index (χ1n) is 12.2. The summed E-state index contributed by atoms with van der Waals surface area (Å²) in [6, 6.07) is 0. The third-order valence-electron chi connectivity index (χ3n) is 5.26. The quantitative estimate of drug-likeness (QED) is 0.224. The number of carbonyl (C=O) groups is 2. The molecule has 2 amide bonds. The Bertz CT molecular complexity index is 325. The van der Waals surface area contributed by atoms with Crippen LogP contribution in [0.2, 0.25) is 0 Å². The molecule has 0 aromatic carbocycles. The lowest BCUT2D eigenvalue weighted by Gasteiger charge is -2.06. The van der Waals surface area contributed by atoms with E-state index in [1.807, 2.05) is 0 Å². The molecule has 0 aliphatic rings. The summed E-state index contributed by atoms with van der Waals surface area (Å²) < 4.78 is 0. The molecule has 0 aromatic rings. The molecule has 0 atom stereocenters. The van der Waals surface area contributed by atoms with E-state index in [0.717, 1.165) is 51.6 Å². The Labute approximate surface area is 175 Å². The largest absolute Gasteiger partial charge is 0.356 e. The minimum atomic E-state index is 0.226. The minimum absolute atomic E-state index is 0.226. The van der Waals surface area contributed by atoms with Gasteiger partial charge in [-0.1, -0.05) is 90.9 Å². The van der Waals surface area contributed by atoms with Crippen LogP contribution in [0.25, 0.3) is 0 Å². The number of nitrogens with one attached hydrogen (secondary N) is 2. The molecule has 0 aliphatic carbocycles. The summed E-state index contributed by atoms with van der Waals surface area (Å²) in [6.45, 7) is 6.02. The minimum Gasteiger partial charge on any atom is -0.356 e. The van der Waals surface area contributed by atoms with Crippen LogP contribution in [0.1, 0.15) is 129 Å². The Morgan fingerprint density at radius 2 is 0.786 bits per heavy atom. The number of amides is 2. The van der Waals surface area contributed by atoms with Crippen LogP contribution in [0.15, 0.2) is 0 Å². The fraction of sp³-hybridized carbons (Fsp3) is 0.917. The van der Waals surface area contributed by atoms with Gasteiger partial charge in [-0.15, -0.1) is 0 Å². The van der Waals surface area contributed by atoms with E-state index in [9.17, 15) is 9.59 Å². The third-order valence-corrected chi connectivity index (χ3v) is 5.26. The molecule has 0 unspecified atom stereocenters. The number of carbonyl (C=O) groups excluding carboxylic acids is 2. The van der Waals surface area contributed by atoms with Gasteiger partial charge in [0.05, 0.1) is 0 Å². The van der Waals surface area contributed by atoms with Gasteiger partial charge in [0, 0.05) is 25.9 Å². The lowest BCUT2D eigenvalue weighted by Crippen LogP contribution is -2.23. The summed E-state index contributed by atoms with van der Waals surface area (Å²) in [5, 5.41) is 6.06. The van der Waals surface area contributed by atoms with Crippen LogP contribution in [0.4, 0.5) is 0 Å². The van der Waals surface area contributed by atoms with E-state index in [1.54, 1.807) is 0 Å². The van der Waals surface area contributed by atoms with E-state index in [-0.39, 0.29) is 11.8 Å². The molecular weight excluding hydrogens is 348 g/mol. The number of hydrogen-bond acceptors (Lipinski definition) is 2. The van der Waals surface area contributed by atoms with Crippen molar-refractivity contribution in [3.63, 3.8) is 0 Å². The van der Waals surface area contributed by atoms with Crippen molar-refractivity contribution in [2.75, 3.05) is 13.1 Å². The van der Waals surface area contributed by atoms with E-state index < -0.39 is 0 Å². The van der Waals surface area contributed by atoms with Crippen LogP contribution in [-0.4, -0.2) is 24.9 Å². The fourth-order valence-corrected chi connectivity index (χ4v) is 3.37. The van der Waals surface area contributed by atoms with E-state index in [4.69, 9.17) is 0 Å². The van der Waals surface area contributed by atoms with Gasteiger partial charge in [0.15, 0.2) is 0 Å². The second kappa shape index (κ2) is 22.2. The first-order chi connectivity index (χ1) is 13.7. The summed E-state index contributed by atoms with van der Waals surface area (Å²) in [5.41, 5.74) is 0. The van der Waals surface area contributed by atoms with Crippen molar-refractivity contribution >= 4 is 11.8 Å². The van der Waals surface area contributed by atoms with Gasteiger partial charge in [-0.2, -0.15) is 0 Å². The van der Waals surface area contributed by atoms with Gasteiger partial charge >= 0.3 is 0 Å². The van der Waals surface area contributed by atoms with E-state index in [2.05, 4.69) is 24.5 Å². The summed E-state index contributed by atoms with van der Waals surface area (Å²) in [4.78, 5) is 23.1. The molecule has 28 heavy (non-hydrogen) atoms. The van der Waals surface area contributed by atoms with Crippen molar-refractivity contribution in [1.29, 1.82) is 0 Å². The van der Waals surface area contributed by atoms with Gasteiger partial charge in [-0.25, -0.2) is 0 Å². The molecule has 0 rings (SSSR count). The average Bonchev–Trinajstić information content (AvgIpc) is 2.68. The van der Waals surface area contributed by atoms with Gasteiger partial charge in [0.25, 0.3) is 0 Å². The van der Waals surface area contributed by atoms with Crippen LogP contribution in [-0.2, 0) is 9.59 Å². The SMILES string of the molecule is CCCCCC(=O)NCCCCCCCCCCCCNC(=O)CCCCC. The zero-order valence-electron chi connectivity index (χ0n) is 19.0. The first kappa shape index (κ1) is 26.9. The molecule has 2 N–H and O–H groups in total. The normalized spacial score (nSPS) is 10.8. The van der Waals surface area contributed by atoms with E-state index in [1.165, 1.54) is 64.2 Å².